The van der Waals surface area contributed by atoms with Crippen molar-refractivity contribution in [3.8, 4) is 11.5 Å². The Hall–Kier alpha value is -1.84. The number of para-hydroxylation sites is 1. The van der Waals surface area contributed by atoms with Crippen LogP contribution in [0.2, 0.25) is 0 Å². The number of aryl methyl sites for hydroxylation is 1. The molecule has 1 saturated heterocycles. The van der Waals surface area contributed by atoms with E-state index in [4.69, 9.17) is 0 Å². The van der Waals surface area contributed by atoms with E-state index in [1.807, 2.05) is 6.92 Å². The van der Waals surface area contributed by atoms with Crippen LogP contribution < -0.4 is 15.5 Å². The van der Waals surface area contributed by atoms with Crippen molar-refractivity contribution in [2.45, 2.75) is 26.2 Å². The average Bonchev–Trinajstić information content (AvgIpc) is 2.59. The van der Waals surface area contributed by atoms with E-state index in [1.54, 1.807) is 30.3 Å². The molecule has 5 heteroatoms. The molecule has 1 fully saturated rings. The molecule has 1 heterocycles. The van der Waals surface area contributed by atoms with Gasteiger partial charge in [-0.1, -0.05) is 48.6 Å². The zero-order valence-electron chi connectivity index (χ0n) is 13.7. The predicted octanol–water partition coefficient (Wildman–Crippen LogP) is 2.65. The van der Waals surface area contributed by atoms with Gasteiger partial charge in [0.25, 0.3) is 0 Å². The smallest absolute Gasteiger partial charge is 0.872 e. The summed E-state index contributed by atoms with van der Waals surface area (Å²) < 4.78 is 0. The van der Waals surface area contributed by atoms with Crippen molar-refractivity contribution < 1.29 is 26.7 Å². The summed E-state index contributed by atoms with van der Waals surface area (Å²) in [5.41, 5.74) is 1.80. The number of hydrogen-bond donors (Lipinski definition) is 1. The van der Waals surface area contributed by atoms with Gasteiger partial charge in [-0.15, -0.1) is 5.75 Å². The summed E-state index contributed by atoms with van der Waals surface area (Å²) in [6.07, 6.45) is 5.64. The molecule has 0 amide bonds. The van der Waals surface area contributed by atoms with Crippen LogP contribution in [0.1, 0.15) is 30.4 Å². The molecule has 1 aliphatic rings. The molecule has 3 rings (SSSR count). The van der Waals surface area contributed by atoms with Crippen molar-refractivity contribution in [1.29, 1.82) is 0 Å². The molecule has 0 bridgehead atoms. The van der Waals surface area contributed by atoms with E-state index < -0.39 is 0 Å². The van der Waals surface area contributed by atoms with E-state index in [0.29, 0.717) is 11.3 Å². The normalized spacial score (nSPS) is 13.7. The molecule has 0 aromatic heterocycles. The van der Waals surface area contributed by atoms with Gasteiger partial charge < -0.3 is 15.5 Å². The third-order valence-electron chi connectivity index (χ3n) is 3.58. The minimum Gasteiger partial charge on any atom is -0.872 e. The first-order valence-corrected chi connectivity index (χ1v) is 7.95. The van der Waals surface area contributed by atoms with Crippen LogP contribution in [-0.4, -0.2) is 19.3 Å². The molecular weight excluding hydrogens is 347 g/mol. The number of hydrogen-bond acceptors (Lipinski definition) is 4. The maximum atomic E-state index is 11.5. The Morgan fingerprint density at radius 2 is 1.67 bits per heavy atom. The van der Waals surface area contributed by atoms with Crippen molar-refractivity contribution in [2.75, 3.05) is 13.1 Å². The minimum atomic E-state index is -0.143. The molecule has 1 radical (unpaired) electrons. The van der Waals surface area contributed by atoms with E-state index in [2.05, 4.69) is 10.3 Å². The summed E-state index contributed by atoms with van der Waals surface area (Å²) in [5.74, 6) is -0.244. The van der Waals surface area contributed by atoms with Crippen LogP contribution in [0.5, 0.6) is 11.5 Å². The molecular formula is C19H22N2NiO2+. The van der Waals surface area contributed by atoms with E-state index in [-0.39, 0.29) is 28.0 Å². The molecule has 1 aliphatic heterocycles. The van der Waals surface area contributed by atoms with Crippen LogP contribution in [0.3, 0.4) is 0 Å². The molecule has 129 valence electrons. The zero-order chi connectivity index (χ0) is 16.5. The summed E-state index contributed by atoms with van der Waals surface area (Å²) in [7, 11) is 0. The number of nitrogens with one attached hydrogen (secondary N) is 1. The Kier molecular flexibility index (Phi) is 9.13. The zero-order valence-corrected chi connectivity index (χ0v) is 14.7. The van der Waals surface area contributed by atoms with Gasteiger partial charge in [0.15, 0.2) is 0 Å². The van der Waals surface area contributed by atoms with Gasteiger partial charge >= 0.3 is 16.5 Å². The third kappa shape index (κ3) is 6.73. The standard InChI is InChI=1S/C14H13NO2.C5H11N.Ni/c1-10-6-7-14(17)12(8-10)15-9-11-4-2-3-5-13(11)16;1-2-4-6-5-3-1;/h2-9,16-17H,1H3;6H,1-5H2;/q;;+3/p-2. The molecule has 2 aromatic carbocycles. The first-order chi connectivity index (χ1) is 11.2. The van der Waals surface area contributed by atoms with Crippen molar-refractivity contribution in [3.63, 3.8) is 0 Å². The first kappa shape index (κ1) is 20.2. The van der Waals surface area contributed by atoms with E-state index in [0.717, 1.165) is 5.56 Å². The van der Waals surface area contributed by atoms with Crippen molar-refractivity contribution in [1.82, 2.24) is 5.32 Å². The number of nitrogens with zero attached hydrogens (tertiary/aromatic N) is 1. The van der Waals surface area contributed by atoms with Gasteiger partial charge in [-0.3, -0.25) is 4.99 Å². The summed E-state index contributed by atoms with van der Waals surface area (Å²) in [6, 6.07) is 11.5. The van der Waals surface area contributed by atoms with E-state index >= 15 is 0 Å². The average molecular weight is 369 g/mol. The van der Waals surface area contributed by atoms with Crippen LogP contribution in [0.25, 0.3) is 0 Å². The second-order valence-electron chi connectivity index (χ2n) is 5.58. The number of aliphatic imine (C=N–C) groups is 1. The Labute approximate surface area is 153 Å². The molecule has 24 heavy (non-hydrogen) atoms. The van der Waals surface area contributed by atoms with Crippen LogP contribution in [0.15, 0.2) is 47.5 Å². The van der Waals surface area contributed by atoms with Gasteiger partial charge in [-0.25, -0.2) is 0 Å². The van der Waals surface area contributed by atoms with Crippen LogP contribution in [-0.2, 0) is 16.5 Å². The van der Waals surface area contributed by atoms with Crippen LogP contribution in [0.4, 0.5) is 5.69 Å². The van der Waals surface area contributed by atoms with Gasteiger partial charge in [0.05, 0.1) is 5.69 Å². The fourth-order valence-corrected chi connectivity index (χ4v) is 2.26. The van der Waals surface area contributed by atoms with Crippen LogP contribution >= 0.6 is 0 Å². The second-order valence-corrected chi connectivity index (χ2v) is 5.58. The first-order valence-electron chi connectivity index (χ1n) is 7.95. The molecule has 2 aromatic rings. The number of piperidine rings is 1. The summed E-state index contributed by atoms with van der Waals surface area (Å²) in [6.45, 7) is 4.39. The van der Waals surface area contributed by atoms with Gasteiger partial charge in [0.2, 0.25) is 0 Å². The molecule has 0 spiro atoms. The summed E-state index contributed by atoms with van der Waals surface area (Å²) >= 11 is 0. The quantitative estimate of drug-likeness (QED) is 0.654. The molecule has 0 unspecified atom stereocenters. The minimum absolute atomic E-state index is 0. The molecule has 1 N–H and O–H groups in total. The summed E-state index contributed by atoms with van der Waals surface area (Å²) in [5, 5.41) is 26.2. The fraction of sp³-hybridized carbons (Fsp3) is 0.316. The second kappa shape index (κ2) is 10.8. The van der Waals surface area contributed by atoms with Gasteiger partial charge in [0.1, 0.15) is 0 Å². The molecule has 4 nitrogen and oxygen atoms in total. The van der Waals surface area contributed by atoms with Crippen molar-refractivity contribution in [2.24, 2.45) is 4.99 Å². The maximum absolute atomic E-state index is 11.5. The predicted molar refractivity (Wildman–Crippen MR) is 90.5 cm³/mol. The Balaban J connectivity index is 0.000000349. The Bertz CT molecular complexity index is 644. The van der Waals surface area contributed by atoms with Gasteiger partial charge in [-0.05, 0) is 50.0 Å². The number of rotatable bonds is 2. The summed E-state index contributed by atoms with van der Waals surface area (Å²) in [4.78, 5) is 4.06. The van der Waals surface area contributed by atoms with Gasteiger partial charge in [0, 0.05) is 6.21 Å². The Morgan fingerprint density at radius 1 is 0.958 bits per heavy atom. The van der Waals surface area contributed by atoms with Gasteiger partial charge in [-0.2, -0.15) is 0 Å². The topological polar surface area (TPSA) is 70.5 Å². The molecule has 0 saturated carbocycles. The van der Waals surface area contributed by atoms with E-state index in [9.17, 15) is 10.2 Å². The SMILES string of the molecule is C1CCNCC1.Cc1ccc([O-])c(N=Cc2ccccc2[O-])c1.[Ni+3]. The molecule has 0 atom stereocenters. The third-order valence-corrected chi connectivity index (χ3v) is 3.58. The van der Waals surface area contributed by atoms with Crippen molar-refractivity contribution >= 4 is 11.9 Å². The fourth-order valence-electron chi connectivity index (χ4n) is 2.26. The largest absolute Gasteiger partial charge is 3.00 e. The monoisotopic (exact) mass is 368 g/mol. The van der Waals surface area contributed by atoms with Crippen molar-refractivity contribution in [3.05, 3.63) is 53.6 Å². The Morgan fingerprint density at radius 3 is 2.25 bits per heavy atom. The van der Waals surface area contributed by atoms with E-state index in [1.165, 1.54) is 50.7 Å². The van der Waals surface area contributed by atoms with Crippen LogP contribution in [0, 0.1) is 6.92 Å². The molecule has 0 aliphatic carbocycles. The maximum Gasteiger partial charge on any atom is 3.00 e. The number of benzene rings is 2.